The Morgan fingerprint density at radius 1 is 1.07 bits per heavy atom. The minimum Gasteiger partial charge on any atom is -0.316 e. The highest BCUT2D eigenvalue weighted by molar-refractivity contribution is 5.00. The third-order valence-corrected chi connectivity index (χ3v) is 4.68. The summed E-state index contributed by atoms with van der Waals surface area (Å²) < 4.78 is 0. The van der Waals surface area contributed by atoms with Gasteiger partial charge in [0.05, 0.1) is 0 Å². The Kier molecular flexibility index (Phi) is 3.16. The number of hydrogen-bond acceptors (Lipinski definition) is 1. The topological polar surface area (TPSA) is 12.0 Å². The zero-order valence-electron chi connectivity index (χ0n) is 9.92. The summed E-state index contributed by atoms with van der Waals surface area (Å²) in [6.45, 7) is 4.68. The molecule has 2 fully saturated rings. The number of rotatable bonds is 5. The summed E-state index contributed by atoms with van der Waals surface area (Å²) in [5, 5.41) is 3.59. The summed E-state index contributed by atoms with van der Waals surface area (Å²) in [6, 6.07) is 0.804. The number of nitrogens with one attached hydrogen (secondary N) is 1. The molecule has 0 saturated heterocycles. The molecule has 0 heterocycles. The van der Waals surface area contributed by atoms with Crippen LogP contribution in [0.15, 0.2) is 0 Å². The van der Waals surface area contributed by atoms with E-state index in [0.29, 0.717) is 0 Å². The molecule has 2 aliphatic carbocycles. The molecule has 0 spiro atoms. The van der Waals surface area contributed by atoms with Crippen molar-refractivity contribution in [3.05, 3.63) is 0 Å². The van der Waals surface area contributed by atoms with Crippen molar-refractivity contribution < 1.29 is 0 Å². The molecule has 82 valence electrons. The second-order valence-corrected chi connectivity index (χ2v) is 5.38. The van der Waals surface area contributed by atoms with Crippen molar-refractivity contribution in [2.45, 2.75) is 52.0 Å². The molecule has 3 atom stereocenters. The van der Waals surface area contributed by atoms with Crippen LogP contribution >= 0.6 is 0 Å². The SMILES string of the molecule is CCC(CC)C(NC)C1CC2CC2C1. The largest absolute Gasteiger partial charge is 0.316 e. The van der Waals surface area contributed by atoms with Gasteiger partial charge in [-0.3, -0.25) is 0 Å². The molecule has 0 radical (unpaired) electrons. The van der Waals surface area contributed by atoms with Gasteiger partial charge in [-0.15, -0.1) is 0 Å². The number of fused-ring (bicyclic) bond motifs is 1. The highest BCUT2D eigenvalue weighted by Gasteiger charge is 2.48. The van der Waals surface area contributed by atoms with E-state index < -0.39 is 0 Å². The summed E-state index contributed by atoms with van der Waals surface area (Å²) in [4.78, 5) is 0. The average Bonchev–Trinajstić information content (AvgIpc) is 2.82. The molecule has 3 unspecified atom stereocenters. The fourth-order valence-corrected chi connectivity index (χ4v) is 3.71. The van der Waals surface area contributed by atoms with E-state index in [9.17, 15) is 0 Å². The molecule has 0 aromatic heterocycles. The van der Waals surface area contributed by atoms with Crippen molar-refractivity contribution in [1.82, 2.24) is 5.32 Å². The molecular formula is C13H25N. The maximum absolute atomic E-state index is 3.59. The fourth-order valence-electron chi connectivity index (χ4n) is 3.71. The Hall–Kier alpha value is -0.0400. The molecule has 14 heavy (non-hydrogen) atoms. The third kappa shape index (κ3) is 1.84. The van der Waals surface area contributed by atoms with E-state index in [0.717, 1.165) is 29.7 Å². The Balaban J connectivity index is 1.91. The van der Waals surface area contributed by atoms with Crippen molar-refractivity contribution in [2.75, 3.05) is 7.05 Å². The lowest BCUT2D eigenvalue weighted by Crippen LogP contribution is -2.39. The van der Waals surface area contributed by atoms with Crippen LogP contribution in [0.3, 0.4) is 0 Å². The molecule has 2 aliphatic rings. The Morgan fingerprint density at radius 2 is 1.64 bits per heavy atom. The van der Waals surface area contributed by atoms with Crippen LogP contribution in [-0.2, 0) is 0 Å². The van der Waals surface area contributed by atoms with Crippen LogP contribution in [0.5, 0.6) is 0 Å². The quantitative estimate of drug-likeness (QED) is 0.711. The van der Waals surface area contributed by atoms with Crippen LogP contribution in [0.25, 0.3) is 0 Å². The minimum absolute atomic E-state index is 0.804. The summed E-state index contributed by atoms with van der Waals surface area (Å²) >= 11 is 0. The standard InChI is InChI=1S/C13H25N/c1-4-9(5-2)13(14-3)12-7-10-6-11(10)8-12/h9-14H,4-8H2,1-3H3. The zero-order chi connectivity index (χ0) is 10.1. The van der Waals surface area contributed by atoms with Gasteiger partial charge in [0.2, 0.25) is 0 Å². The summed E-state index contributed by atoms with van der Waals surface area (Å²) in [6.07, 6.45) is 7.27. The van der Waals surface area contributed by atoms with Gasteiger partial charge in [-0.1, -0.05) is 26.7 Å². The van der Waals surface area contributed by atoms with E-state index in [2.05, 4.69) is 26.2 Å². The third-order valence-electron chi connectivity index (χ3n) is 4.68. The van der Waals surface area contributed by atoms with Crippen LogP contribution in [0.4, 0.5) is 0 Å². The molecule has 1 heteroatoms. The van der Waals surface area contributed by atoms with Crippen LogP contribution in [0.1, 0.15) is 46.0 Å². The molecular weight excluding hydrogens is 170 g/mol. The van der Waals surface area contributed by atoms with E-state index >= 15 is 0 Å². The monoisotopic (exact) mass is 195 g/mol. The van der Waals surface area contributed by atoms with Gasteiger partial charge in [0, 0.05) is 6.04 Å². The second kappa shape index (κ2) is 4.22. The first-order valence-corrected chi connectivity index (χ1v) is 6.47. The van der Waals surface area contributed by atoms with Gasteiger partial charge >= 0.3 is 0 Å². The lowest BCUT2D eigenvalue weighted by molar-refractivity contribution is 0.245. The molecule has 2 rings (SSSR count). The predicted molar refractivity (Wildman–Crippen MR) is 61.2 cm³/mol. The van der Waals surface area contributed by atoms with Crippen molar-refractivity contribution in [2.24, 2.45) is 23.7 Å². The second-order valence-electron chi connectivity index (χ2n) is 5.38. The van der Waals surface area contributed by atoms with Gasteiger partial charge < -0.3 is 5.32 Å². The van der Waals surface area contributed by atoms with Crippen LogP contribution in [-0.4, -0.2) is 13.1 Å². The first-order chi connectivity index (χ1) is 6.80. The van der Waals surface area contributed by atoms with E-state index in [1.165, 1.54) is 25.7 Å². The van der Waals surface area contributed by atoms with Gasteiger partial charge in [-0.05, 0) is 50.0 Å². The van der Waals surface area contributed by atoms with Crippen LogP contribution in [0, 0.1) is 23.7 Å². The maximum Gasteiger partial charge on any atom is 0.0121 e. The zero-order valence-corrected chi connectivity index (χ0v) is 9.92. The molecule has 0 amide bonds. The highest BCUT2D eigenvalue weighted by Crippen LogP contribution is 2.55. The van der Waals surface area contributed by atoms with Gasteiger partial charge in [-0.25, -0.2) is 0 Å². The summed E-state index contributed by atoms with van der Waals surface area (Å²) in [5.74, 6) is 4.16. The van der Waals surface area contributed by atoms with E-state index in [1.807, 2.05) is 0 Å². The lowest BCUT2D eigenvalue weighted by atomic mass is 9.82. The predicted octanol–water partition coefficient (Wildman–Crippen LogP) is 3.06. The average molecular weight is 195 g/mol. The Morgan fingerprint density at radius 3 is 2.07 bits per heavy atom. The maximum atomic E-state index is 3.59. The van der Waals surface area contributed by atoms with Crippen LogP contribution < -0.4 is 5.32 Å². The number of hydrogen-bond donors (Lipinski definition) is 1. The molecule has 1 nitrogen and oxygen atoms in total. The molecule has 2 saturated carbocycles. The lowest BCUT2D eigenvalue weighted by Gasteiger charge is -2.31. The smallest absolute Gasteiger partial charge is 0.0121 e. The normalized spacial score (nSPS) is 37.3. The first-order valence-electron chi connectivity index (χ1n) is 6.47. The van der Waals surface area contributed by atoms with Crippen LogP contribution in [0.2, 0.25) is 0 Å². The Bertz CT molecular complexity index is 176. The molecule has 0 aliphatic heterocycles. The van der Waals surface area contributed by atoms with Crippen molar-refractivity contribution in [1.29, 1.82) is 0 Å². The van der Waals surface area contributed by atoms with Gasteiger partial charge in [-0.2, -0.15) is 0 Å². The first kappa shape index (κ1) is 10.5. The van der Waals surface area contributed by atoms with Gasteiger partial charge in [0.1, 0.15) is 0 Å². The molecule has 1 N–H and O–H groups in total. The van der Waals surface area contributed by atoms with Crippen molar-refractivity contribution >= 4 is 0 Å². The fraction of sp³-hybridized carbons (Fsp3) is 1.00. The Labute approximate surface area is 88.7 Å². The highest BCUT2D eigenvalue weighted by atomic mass is 14.9. The van der Waals surface area contributed by atoms with E-state index in [-0.39, 0.29) is 0 Å². The van der Waals surface area contributed by atoms with Gasteiger partial charge in [0.15, 0.2) is 0 Å². The van der Waals surface area contributed by atoms with Crippen molar-refractivity contribution in [3.63, 3.8) is 0 Å². The molecule has 0 bridgehead atoms. The minimum atomic E-state index is 0.804. The van der Waals surface area contributed by atoms with E-state index in [1.54, 1.807) is 6.42 Å². The van der Waals surface area contributed by atoms with Gasteiger partial charge in [0.25, 0.3) is 0 Å². The molecule has 0 aromatic rings. The van der Waals surface area contributed by atoms with E-state index in [4.69, 9.17) is 0 Å². The van der Waals surface area contributed by atoms with Crippen molar-refractivity contribution in [3.8, 4) is 0 Å². The summed E-state index contributed by atoms with van der Waals surface area (Å²) in [5.41, 5.74) is 0. The summed E-state index contributed by atoms with van der Waals surface area (Å²) in [7, 11) is 2.16. The molecule has 0 aromatic carbocycles.